The van der Waals surface area contributed by atoms with Crippen molar-refractivity contribution in [2.75, 3.05) is 7.05 Å². The highest BCUT2D eigenvalue weighted by atomic mass is 35.5. The van der Waals surface area contributed by atoms with Crippen LogP contribution in [0.25, 0.3) is 0 Å². The Labute approximate surface area is 94.0 Å². The van der Waals surface area contributed by atoms with Crippen molar-refractivity contribution in [3.8, 4) is 0 Å². The molecule has 0 atom stereocenters. The molecule has 3 nitrogen and oxygen atoms in total. The van der Waals surface area contributed by atoms with E-state index in [0.29, 0.717) is 5.17 Å². The fourth-order valence-corrected chi connectivity index (χ4v) is 1.17. The maximum atomic E-state index is 7.30. The largest absolute Gasteiger partial charge is 0.368 e. The number of amidine groups is 1. The normalized spacial score (nSPS) is 7.77. The molecule has 2 N–H and O–H groups in total. The quantitative estimate of drug-likeness (QED) is 0.449. The van der Waals surface area contributed by atoms with Gasteiger partial charge >= 0.3 is 0 Å². The summed E-state index contributed by atoms with van der Waals surface area (Å²) in [7, 11) is 1.73. The lowest BCUT2D eigenvalue weighted by atomic mass is 10.5. The molecule has 0 aliphatic carbocycles. The Morgan fingerprint density at radius 3 is 2.69 bits per heavy atom. The average molecular weight is 240 g/mol. The molecule has 74 valence electrons. The number of halogens is 2. The summed E-state index contributed by atoms with van der Waals surface area (Å²) in [5.41, 5.74) is 0. The molecule has 0 radical (unpaired) electrons. The summed E-state index contributed by atoms with van der Waals surface area (Å²) in [6, 6.07) is 3.77. The number of pyridine rings is 1. The highest BCUT2D eigenvalue weighted by molar-refractivity contribution is 8.13. The van der Waals surface area contributed by atoms with Gasteiger partial charge < -0.3 is 5.32 Å². The molecule has 1 rings (SSSR count). The zero-order chi connectivity index (χ0) is 8.10. The van der Waals surface area contributed by atoms with Crippen LogP contribution >= 0.6 is 36.6 Å². The zero-order valence-electron chi connectivity index (χ0n) is 6.98. The van der Waals surface area contributed by atoms with Gasteiger partial charge in [0.05, 0.1) is 0 Å². The summed E-state index contributed by atoms with van der Waals surface area (Å²) in [4.78, 5) is 4.91. The minimum absolute atomic E-state index is 0. The number of nitrogens with zero attached hydrogens (tertiary/aromatic N) is 1. The first-order valence-corrected chi connectivity index (χ1v) is 3.99. The van der Waals surface area contributed by atoms with Gasteiger partial charge in [0.1, 0.15) is 0 Å². The van der Waals surface area contributed by atoms with Crippen LogP contribution in [0.1, 0.15) is 0 Å². The Kier molecular flexibility index (Phi) is 9.44. The van der Waals surface area contributed by atoms with Crippen LogP contribution in [-0.4, -0.2) is 17.2 Å². The second kappa shape index (κ2) is 8.16. The van der Waals surface area contributed by atoms with E-state index in [1.807, 2.05) is 12.1 Å². The summed E-state index contributed by atoms with van der Waals surface area (Å²) in [5.74, 6) is 0. The molecule has 13 heavy (non-hydrogen) atoms. The predicted molar refractivity (Wildman–Crippen MR) is 61.4 cm³/mol. The van der Waals surface area contributed by atoms with E-state index in [2.05, 4.69) is 10.3 Å². The Hall–Kier alpha value is -0.450. The van der Waals surface area contributed by atoms with Crippen LogP contribution in [0.2, 0.25) is 0 Å². The summed E-state index contributed by atoms with van der Waals surface area (Å²) < 4.78 is 0. The van der Waals surface area contributed by atoms with Crippen molar-refractivity contribution in [1.29, 1.82) is 5.41 Å². The predicted octanol–water partition coefficient (Wildman–Crippen LogP) is 2.17. The Morgan fingerprint density at radius 1 is 1.54 bits per heavy atom. The summed E-state index contributed by atoms with van der Waals surface area (Å²) in [6.07, 6.45) is 3.45. The molecular weight excluding hydrogens is 229 g/mol. The van der Waals surface area contributed by atoms with Crippen LogP contribution in [-0.2, 0) is 0 Å². The molecule has 0 aliphatic heterocycles. The van der Waals surface area contributed by atoms with E-state index in [1.165, 1.54) is 11.8 Å². The van der Waals surface area contributed by atoms with Gasteiger partial charge in [-0.1, -0.05) is 11.8 Å². The van der Waals surface area contributed by atoms with E-state index in [0.717, 1.165) is 4.90 Å². The third-order valence-electron chi connectivity index (χ3n) is 1.08. The molecular formula is C7H11Cl2N3S. The van der Waals surface area contributed by atoms with Crippen LogP contribution in [0.4, 0.5) is 0 Å². The minimum atomic E-state index is 0. The molecule has 0 saturated carbocycles. The molecule has 0 aromatic carbocycles. The number of aromatic nitrogens is 1. The van der Waals surface area contributed by atoms with Gasteiger partial charge in [0.15, 0.2) is 5.17 Å². The summed E-state index contributed by atoms with van der Waals surface area (Å²) >= 11 is 1.35. The number of hydrogen-bond donors (Lipinski definition) is 2. The maximum Gasteiger partial charge on any atom is 0.158 e. The van der Waals surface area contributed by atoms with Gasteiger partial charge in [-0.15, -0.1) is 24.8 Å². The summed E-state index contributed by atoms with van der Waals surface area (Å²) in [5, 5.41) is 10.5. The molecule has 0 saturated heterocycles. The number of thioether (sulfide) groups is 1. The molecule has 1 heterocycles. The van der Waals surface area contributed by atoms with Gasteiger partial charge in [-0.3, -0.25) is 10.4 Å². The second-order valence-electron chi connectivity index (χ2n) is 1.87. The Morgan fingerprint density at radius 2 is 2.23 bits per heavy atom. The minimum Gasteiger partial charge on any atom is -0.368 e. The van der Waals surface area contributed by atoms with Crippen LogP contribution in [0.5, 0.6) is 0 Å². The molecule has 0 fully saturated rings. The van der Waals surface area contributed by atoms with Gasteiger partial charge in [0.25, 0.3) is 0 Å². The van der Waals surface area contributed by atoms with E-state index in [1.54, 1.807) is 19.4 Å². The van der Waals surface area contributed by atoms with Crippen LogP contribution in [0, 0.1) is 5.41 Å². The molecule has 0 aliphatic rings. The first kappa shape index (κ1) is 15.0. The smallest absolute Gasteiger partial charge is 0.158 e. The standard InChI is InChI=1S/C7H9N3S.2ClH/c1-9-7(8)11-6-3-2-4-10-5-6;;/h2-5H,1H3,(H2,8,9);2*1H. The monoisotopic (exact) mass is 239 g/mol. The SMILES string of the molecule is CNC(=N)Sc1cccnc1.Cl.Cl. The van der Waals surface area contributed by atoms with Crippen molar-refractivity contribution in [1.82, 2.24) is 10.3 Å². The lowest BCUT2D eigenvalue weighted by Gasteiger charge is -1.99. The van der Waals surface area contributed by atoms with E-state index >= 15 is 0 Å². The molecule has 0 amide bonds. The third-order valence-corrected chi connectivity index (χ3v) is 1.97. The summed E-state index contributed by atoms with van der Waals surface area (Å²) in [6.45, 7) is 0. The maximum absolute atomic E-state index is 7.30. The van der Waals surface area contributed by atoms with E-state index in [9.17, 15) is 0 Å². The lowest BCUT2D eigenvalue weighted by molar-refractivity contribution is 1.17. The van der Waals surface area contributed by atoms with Crippen molar-refractivity contribution in [2.24, 2.45) is 0 Å². The highest BCUT2D eigenvalue weighted by Gasteiger charge is 1.95. The second-order valence-corrected chi connectivity index (χ2v) is 2.95. The van der Waals surface area contributed by atoms with Crippen LogP contribution < -0.4 is 5.32 Å². The van der Waals surface area contributed by atoms with Crippen molar-refractivity contribution in [3.63, 3.8) is 0 Å². The Balaban J connectivity index is 0. The number of nitrogens with one attached hydrogen (secondary N) is 2. The van der Waals surface area contributed by atoms with Crippen molar-refractivity contribution >= 4 is 41.7 Å². The molecule has 1 aromatic heterocycles. The molecule has 0 unspecified atom stereocenters. The fraction of sp³-hybridized carbons (Fsp3) is 0.143. The van der Waals surface area contributed by atoms with Crippen LogP contribution in [0.3, 0.4) is 0 Å². The third kappa shape index (κ3) is 5.74. The first-order chi connectivity index (χ1) is 5.33. The van der Waals surface area contributed by atoms with Gasteiger partial charge in [0, 0.05) is 24.3 Å². The number of rotatable bonds is 1. The fourth-order valence-electron chi connectivity index (χ4n) is 0.576. The van der Waals surface area contributed by atoms with E-state index in [-0.39, 0.29) is 24.8 Å². The molecule has 0 spiro atoms. The van der Waals surface area contributed by atoms with Crippen molar-refractivity contribution < 1.29 is 0 Å². The van der Waals surface area contributed by atoms with Gasteiger partial charge in [0.2, 0.25) is 0 Å². The number of hydrogen-bond acceptors (Lipinski definition) is 3. The zero-order valence-corrected chi connectivity index (χ0v) is 9.43. The van der Waals surface area contributed by atoms with Crippen molar-refractivity contribution in [3.05, 3.63) is 24.5 Å². The highest BCUT2D eigenvalue weighted by Crippen LogP contribution is 2.14. The average Bonchev–Trinajstić information content (AvgIpc) is 2.06. The lowest BCUT2D eigenvalue weighted by Crippen LogP contribution is -2.11. The molecule has 6 heteroatoms. The van der Waals surface area contributed by atoms with Crippen molar-refractivity contribution in [2.45, 2.75) is 4.90 Å². The molecule has 1 aromatic rings. The van der Waals surface area contributed by atoms with Gasteiger partial charge in [-0.2, -0.15) is 0 Å². The Bertz CT molecular complexity index is 243. The van der Waals surface area contributed by atoms with Crippen LogP contribution in [0.15, 0.2) is 29.4 Å². The van der Waals surface area contributed by atoms with E-state index in [4.69, 9.17) is 5.41 Å². The van der Waals surface area contributed by atoms with E-state index < -0.39 is 0 Å². The molecule has 0 bridgehead atoms. The topological polar surface area (TPSA) is 48.8 Å². The van der Waals surface area contributed by atoms with Gasteiger partial charge in [-0.05, 0) is 12.1 Å². The first-order valence-electron chi connectivity index (χ1n) is 3.17. The van der Waals surface area contributed by atoms with Gasteiger partial charge in [-0.25, -0.2) is 0 Å².